The number of nitrogens with zero attached hydrogens (tertiary/aromatic N) is 2. The number of aryl methyl sites for hydroxylation is 1. The van der Waals surface area contributed by atoms with Crippen LogP contribution in [0.25, 0.3) is 0 Å². The molecule has 0 radical (unpaired) electrons. The molecule has 2 heterocycles. The molecule has 0 fully saturated rings. The van der Waals surface area contributed by atoms with Gasteiger partial charge in [0.1, 0.15) is 0 Å². The number of carbonyl (C=O) groups is 1. The molecule has 0 spiro atoms. The monoisotopic (exact) mass is 396 g/mol. The Morgan fingerprint density at radius 2 is 1.89 bits per heavy atom. The van der Waals surface area contributed by atoms with E-state index in [4.69, 9.17) is 21.1 Å². The minimum atomic E-state index is -0.303. The molecule has 0 bridgehead atoms. The Kier molecular flexibility index (Phi) is 4.99. The largest absolute Gasteiger partial charge is 0.454 e. The lowest BCUT2D eigenvalue weighted by Crippen LogP contribution is -2.13. The summed E-state index contributed by atoms with van der Waals surface area (Å²) >= 11 is 6.08. The molecule has 3 aromatic rings. The third-order valence-corrected chi connectivity index (χ3v) is 4.64. The second-order valence-corrected chi connectivity index (χ2v) is 6.66. The first-order valence-corrected chi connectivity index (χ1v) is 8.98. The van der Waals surface area contributed by atoms with E-state index in [0.29, 0.717) is 28.8 Å². The fraction of sp³-hybridized carbons (Fsp3) is 0.150. The highest BCUT2D eigenvalue weighted by Crippen LogP contribution is 2.32. The Balaban J connectivity index is 1.36. The quantitative estimate of drug-likeness (QED) is 0.677. The van der Waals surface area contributed by atoms with E-state index in [1.54, 1.807) is 12.1 Å². The van der Waals surface area contributed by atoms with Crippen LogP contribution in [-0.4, -0.2) is 22.7 Å². The molecule has 2 aromatic carbocycles. The first kappa shape index (κ1) is 18.1. The van der Waals surface area contributed by atoms with E-state index < -0.39 is 0 Å². The summed E-state index contributed by atoms with van der Waals surface area (Å²) in [7, 11) is 0. The number of nitrogens with one attached hydrogen (secondary N) is 2. The van der Waals surface area contributed by atoms with E-state index in [0.717, 1.165) is 22.6 Å². The maximum atomic E-state index is 12.3. The van der Waals surface area contributed by atoms with Crippen LogP contribution in [0.4, 0.5) is 11.6 Å². The summed E-state index contributed by atoms with van der Waals surface area (Å²) in [5.41, 5.74) is 2.92. The summed E-state index contributed by atoms with van der Waals surface area (Å²) in [6.45, 7) is 2.66. The zero-order chi connectivity index (χ0) is 19.5. The van der Waals surface area contributed by atoms with Crippen LogP contribution >= 0.6 is 11.6 Å². The van der Waals surface area contributed by atoms with Crippen LogP contribution in [0.1, 0.15) is 21.5 Å². The molecule has 7 nitrogen and oxygen atoms in total. The second kappa shape index (κ2) is 7.74. The lowest BCUT2D eigenvalue weighted by atomic mass is 10.2. The Morgan fingerprint density at radius 3 is 2.68 bits per heavy atom. The van der Waals surface area contributed by atoms with Crippen molar-refractivity contribution < 1.29 is 14.3 Å². The van der Waals surface area contributed by atoms with Gasteiger partial charge >= 0.3 is 0 Å². The molecule has 8 heteroatoms. The van der Waals surface area contributed by atoms with Crippen LogP contribution in [-0.2, 0) is 6.54 Å². The van der Waals surface area contributed by atoms with Gasteiger partial charge in [0, 0.05) is 29.6 Å². The van der Waals surface area contributed by atoms with E-state index in [1.807, 2.05) is 31.2 Å². The molecule has 28 heavy (non-hydrogen) atoms. The average molecular weight is 397 g/mol. The Morgan fingerprint density at radius 1 is 1.11 bits per heavy atom. The molecule has 1 aromatic heterocycles. The lowest BCUT2D eigenvalue weighted by molar-refractivity contribution is 0.102. The molecule has 1 aliphatic rings. The third-order valence-electron chi connectivity index (χ3n) is 4.23. The number of benzene rings is 2. The highest BCUT2D eigenvalue weighted by atomic mass is 35.5. The zero-order valence-corrected chi connectivity index (χ0v) is 15.8. The van der Waals surface area contributed by atoms with Crippen molar-refractivity contribution in [3.63, 3.8) is 0 Å². The van der Waals surface area contributed by atoms with Crippen molar-refractivity contribution in [2.75, 3.05) is 17.4 Å². The lowest BCUT2D eigenvalue weighted by Gasteiger charge is -2.08. The van der Waals surface area contributed by atoms with Crippen molar-refractivity contribution in [2.45, 2.75) is 13.5 Å². The van der Waals surface area contributed by atoms with Gasteiger partial charge in [-0.15, -0.1) is 0 Å². The van der Waals surface area contributed by atoms with Gasteiger partial charge in [0.25, 0.3) is 5.91 Å². The normalized spacial score (nSPS) is 11.9. The Bertz CT molecular complexity index is 1020. The van der Waals surface area contributed by atoms with Crippen LogP contribution in [0.5, 0.6) is 11.5 Å². The van der Waals surface area contributed by atoms with Crippen LogP contribution in [0.3, 0.4) is 0 Å². The maximum absolute atomic E-state index is 12.3. The number of halogens is 1. The van der Waals surface area contributed by atoms with Gasteiger partial charge in [-0.05, 0) is 42.3 Å². The van der Waals surface area contributed by atoms with Crippen LogP contribution in [0.15, 0.2) is 48.8 Å². The smallest absolute Gasteiger partial charge is 0.258 e. The molecule has 0 unspecified atom stereocenters. The standard InChI is InChI=1S/C20H17ClN4O3/c1-12-2-4-15(7-16(12)21)25-19(26)14-9-23-20(24-10-14)22-8-13-3-5-17-18(6-13)28-11-27-17/h2-7,9-10H,8,11H2,1H3,(H,25,26)(H,22,23,24). The van der Waals surface area contributed by atoms with Gasteiger partial charge in [-0.2, -0.15) is 0 Å². The number of carbonyl (C=O) groups excluding carboxylic acids is 1. The topological polar surface area (TPSA) is 85.4 Å². The molecule has 1 aliphatic heterocycles. The van der Waals surface area contributed by atoms with Gasteiger partial charge in [0.2, 0.25) is 12.7 Å². The maximum Gasteiger partial charge on any atom is 0.258 e. The van der Waals surface area contributed by atoms with Crippen molar-refractivity contribution >= 4 is 29.1 Å². The van der Waals surface area contributed by atoms with E-state index in [1.165, 1.54) is 12.4 Å². The summed E-state index contributed by atoms with van der Waals surface area (Å²) < 4.78 is 10.7. The minimum Gasteiger partial charge on any atom is -0.454 e. The number of ether oxygens (including phenoxy) is 2. The summed E-state index contributed by atoms with van der Waals surface area (Å²) in [6, 6.07) is 11.1. The molecule has 4 rings (SSSR count). The van der Waals surface area contributed by atoms with Gasteiger partial charge < -0.3 is 20.1 Å². The highest BCUT2D eigenvalue weighted by molar-refractivity contribution is 6.31. The van der Waals surface area contributed by atoms with Gasteiger partial charge in [0.15, 0.2) is 11.5 Å². The number of anilines is 2. The number of rotatable bonds is 5. The third kappa shape index (κ3) is 3.99. The Labute approximate surface area is 166 Å². The number of amides is 1. The first-order valence-electron chi connectivity index (χ1n) is 8.60. The van der Waals surface area contributed by atoms with Gasteiger partial charge in [-0.3, -0.25) is 4.79 Å². The van der Waals surface area contributed by atoms with E-state index >= 15 is 0 Å². The van der Waals surface area contributed by atoms with Gasteiger partial charge in [-0.25, -0.2) is 9.97 Å². The SMILES string of the molecule is Cc1ccc(NC(=O)c2cnc(NCc3ccc4c(c3)OCO4)nc2)cc1Cl. The molecule has 142 valence electrons. The molecule has 1 amide bonds. The Hall–Kier alpha value is -3.32. The highest BCUT2D eigenvalue weighted by Gasteiger charge is 2.13. The van der Waals surface area contributed by atoms with Crippen LogP contribution in [0.2, 0.25) is 5.02 Å². The second-order valence-electron chi connectivity index (χ2n) is 6.25. The van der Waals surface area contributed by atoms with E-state index in [2.05, 4.69) is 20.6 Å². The van der Waals surface area contributed by atoms with Gasteiger partial charge in [-0.1, -0.05) is 23.7 Å². The molecule has 0 atom stereocenters. The minimum absolute atomic E-state index is 0.244. The van der Waals surface area contributed by atoms with Gasteiger partial charge in [0.05, 0.1) is 5.56 Å². The number of aromatic nitrogens is 2. The molecule has 2 N–H and O–H groups in total. The number of hydrogen-bond donors (Lipinski definition) is 2. The van der Waals surface area contributed by atoms with Crippen molar-refractivity contribution in [1.29, 1.82) is 0 Å². The number of hydrogen-bond acceptors (Lipinski definition) is 6. The fourth-order valence-corrected chi connectivity index (χ4v) is 2.82. The van der Waals surface area contributed by atoms with Crippen molar-refractivity contribution in [3.8, 4) is 11.5 Å². The fourth-order valence-electron chi connectivity index (χ4n) is 2.64. The molecule has 0 aliphatic carbocycles. The first-order chi connectivity index (χ1) is 13.6. The molecule has 0 saturated heterocycles. The predicted octanol–water partition coefficient (Wildman–Crippen LogP) is 4.03. The summed E-state index contributed by atoms with van der Waals surface area (Å²) in [4.78, 5) is 20.7. The van der Waals surface area contributed by atoms with Crippen molar-refractivity contribution in [1.82, 2.24) is 9.97 Å². The van der Waals surface area contributed by atoms with Crippen LogP contribution in [0, 0.1) is 6.92 Å². The summed E-state index contributed by atoms with van der Waals surface area (Å²) in [6.07, 6.45) is 2.94. The van der Waals surface area contributed by atoms with E-state index in [9.17, 15) is 4.79 Å². The zero-order valence-electron chi connectivity index (χ0n) is 15.0. The van der Waals surface area contributed by atoms with E-state index in [-0.39, 0.29) is 12.7 Å². The molecular weight excluding hydrogens is 380 g/mol. The summed E-state index contributed by atoms with van der Waals surface area (Å²) in [5.74, 6) is 1.59. The summed E-state index contributed by atoms with van der Waals surface area (Å²) in [5, 5.41) is 6.49. The van der Waals surface area contributed by atoms with Crippen molar-refractivity contribution in [3.05, 3.63) is 70.5 Å². The molecule has 0 saturated carbocycles. The van der Waals surface area contributed by atoms with Crippen LogP contribution < -0.4 is 20.1 Å². The average Bonchev–Trinajstić information content (AvgIpc) is 3.17. The molecular formula is C20H17ClN4O3. The van der Waals surface area contributed by atoms with Crippen molar-refractivity contribution in [2.24, 2.45) is 0 Å². The predicted molar refractivity (Wildman–Crippen MR) is 106 cm³/mol. The number of fused-ring (bicyclic) bond motifs is 1.